The van der Waals surface area contributed by atoms with Gasteiger partial charge in [0, 0.05) is 12.1 Å². The number of likely N-dealkylation sites (tertiary alicyclic amines) is 1. The largest absolute Gasteiger partial charge is 0.468 e. The fourth-order valence-corrected chi connectivity index (χ4v) is 2.70. The third-order valence-corrected chi connectivity index (χ3v) is 3.99. The van der Waals surface area contributed by atoms with E-state index in [9.17, 15) is 24.5 Å². The van der Waals surface area contributed by atoms with Crippen molar-refractivity contribution >= 4 is 34.6 Å². The number of esters is 1. The minimum atomic E-state index is -0.675. The van der Waals surface area contributed by atoms with Gasteiger partial charge in [-0.1, -0.05) is 0 Å². The summed E-state index contributed by atoms with van der Waals surface area (Å²) < 4.78 is 9.49. The van der Waals surface area contributed by atoms with Crippen LogP contribution in [0.4, 0.5) is 10.5 Å². The Balaban J connectivity index is 1.88. The molecule has 0 saturated carbocycles. The van der Waals surface area contributed by atoms with E-state index in [0.717, 1.165) is 11.8 Å². The molecule has 9 nitrogen and oxygen atoms in total. The lowest BCUT2D eigenvalue weighted by Crippen LogP contribution is -2.53. The van der Waals surface area contributed by atoms with Crippen LogP contribution in [0.5, 0.6) is 5.75 Å². The smallest absolute Gasteiger partial charge is 0.374 e. The van der Waals surface area contributed by atoms with Gasteiger partial charge >= 0.3 is 11.3 Å². The first-order chi connectivity index (χ1) is 10.9. The molecule has 1 amide bonds. The number of amides is 1. The number of benzene rings is 1. The summed E-state index contributed by atoms with van der Waals surface area (Å²) in [5.74, 6) is -0.679. The third-order valence-electron chi connectivity index (χ3n) is 3.03. The molecule has 1 aromatic rings. The van der Waals surface area contributed by atoms with Gasteiger partial charge in [-0.15, -0.1) is 0 Å². The predicted octanol–water partition coefficient (Wildman–Crippen LogP) is 1.56. The van der Waals surface area contributed by atoms with Gasteiger partial charge in [0.15, 0.2) is 0 Å². The number of β-lactam (4-membered cyclic amide) rings is 1. The van der Waals surface area contributed by atoms with E-state index in [1.54, 1.807) is 0 Å². The lowest BCUT2D eigenvalue weighted by molar-refractivity contribution is -0.384. The third kappa shape index (κ3) is 4.19. The average Bonchev–Trinajstić information content (AvgIpc) is 2.52. The SMILES string of the molecule is COC(=O)CN1C(=O)C[C@H]1SC(=O)Oc1ccc([N+](=O)[O-])cc1. The first-order valence-corrected chi connectivity index (χ1v) is 7.28. The molecule has 1 heterocycles. The Labute approximate surface area is 134 Å². The number of rotatable bonds is 5. The number of nitrogens with zero attached hydrogens (tertiary/aromatic N) is 2. The van der Waals surface area contributed by atoms with E-state index in [0.29, 0.717) is 0 Å². The first-order valence-electron chi connectivity index (χ1n) is 6.40. The van der Waals surface area contributed by atoms with Crippen LogP contribution in [0.15, 0.2) is 24.3 Å². The van der Waals surface area contributed by atoms with Crippen molar-refractivity contribution in [2.24, 2.45) is 0 Å². The Hall–Kier alpha value is -2.62. The van der Waals surface area contributed by atoms with Crippen LogP contribution in [0.25, 0.3) is 0 Å². The molecule has 1 fully saturated rings. The van der Waals surface area contributed by atoms with Crippen molar-refractivity contribution in [1.29, 1.82) is 0 Å². The maximum Gasteiger partial charge on any atom is 0.374 e. The summed E-state index contributed by atoms with van der Waals surface area (Å²) in [6, 6.07) is 5.02. The number of ether oxygens (including phenoxy) is 2. The first kappa shape index (κ1) is 16.7. The van der Waals surface area contributed by atoms with Crippen molar-refractivity contribution in [2.75, 3.05) is 13.7 Å². The van der Waals surface area contributed by atoms with Crippen LogP contribution in [0.1, 0.15) is 6.42 Å². The highest BCUT2D eigenvalue weighted by molar-refractivity contribution is 8.13. The molecule has 0 bridgehead atoms. The topological polar surface area (TPSA) is 116 Å². The van der Waals surface area contributed by atoms with E-state index in [1.807, 2.05) is 0 Å². The zero-order chi connectivity index (χ0) is 17.0. The fourth-order valence-electron chi connectivity index (χ4n) is 1.79. The van der Waals surface area contributed by atoms with Crippen LogP contribution in [-0.2, 0) is 14.3 Å². The zero-order valence-corrected chi connectivity index (χ0v) is 12.8. The van der Waals surface area contributed by atoms with Crippen molar-refractivity contribution in [3.63, 3.8) is 0 Å². The number of carbonyl (C=O) groups is 3. The molecular weight excluding hydrogens is 328 g/mol. The van der Waals surface area contributed by atoms with Crippen molar-refractivity contribution in [3.8, 4) is 5.75 Å². The van der Waals surface area contributed by atoms with Crippen LogP contribution >= 0.6 is 11.8 Å². The molecule has 0 aliphatic carbocycles. The second-order valence-electron chi connectivity index (χ2n) is 4.48. The molecule has 23 heavy (non-hydrogen) atoms. The summed E-state index contributed by atoms with van der Waals surface area (Å²) in [5.41, 5.74) is -0.119. The molecule has 0 spiro atoms. The summed E-state index contributed by atoms with van der Waals surface area (Å²) in [6.45, 7) is -0.224. The Morgan fingerprint density at radius 3 is 2.57 bits per heavy atom. The number of carbonyl (C=O) groups excluding carboxylic acids is 3. The molecule has 10 heteroatoms. The summed E-state index contributed by atoms with van der Waals surface area (Å²) in [6.07, 6.45) is 0.122. The Bertz CT molecular complexity index is 646. The van der Waals surface area contributed by atoms with Crippen molar-refractivity contribution in [2.45, 2.75) is 11.8 Å². The molecule has 0 radical (unpaired) electrons. The highest BCUT2D eigenvalue weighted by atomic mass is 32.2. The van der Waals surface area contributed by atoms with Gasteiger partial charge in [-0.05, 0) is 23.9 Å². The van der Waals surface area contributed by atoms with Crippen molar-refractivity contribution < 1.29 is 28.8 Å². The Morgan fingerprint density at radius 1 is 1.39 bits per heavy atom. The number of non-ortho nitro benzene ring substituents is 1. The van der Waals surface area contributed by atoms with E-state index in [2.05, 4.69) is 4.74 Å². The second kappa shape index (κ2) is 7.09. The maximum absolute atomic E-state index is 11.8. The molecule has 1 atom stereocenters. The fraction of sp³-hybridized carbons (Fsp3) is 0.308. The lowest BCUT2D eigenvalue weighted by atomic mass is 10.2. The van der Waals surface area contributed by atoms with Crippen molar-refractivity contribution in [3.05, 3.63) is 34.4 Å². The van der Waals surface area contributed by atoms with Gasteiger partial charge in [-0.3, -0.25) is 19.7 Å². The van der Waals surface area contributed by atoms with E-state index in [4.69, 9.17) is 4.74 Å². The van der Waals surface area contributed by atoms with E-state index in [1.165, 1.54) is 36.3 Å². The van der Waals surface area contributed by atoms with Crippen LogP contribution in [0.2, 0.25) is 0 Å². The van der Waals surface area contributed by atoms with Gasteiger partial charge in [-0.2, -0.15) is 0 Å². The highest BCUT2D eigenvalue weighted by Crippen LogP contribution is 2.31. The standard InChI is InChI=1S/C13H12N2O7S/c1-21-12(17)7-14-10(16)6-11(14)23-13(18)22-9-4-2-8(3-5-9)15(19)20/h2-5,11H,6-7H2,1H3/t11-/m1/s1. The van der Waals surface area contributed by atoms with Gasteiger partial charge in [0.25, 0.3) is 5.69 Å². The van der Waals surface area contributed by atoms with E-state index in [-0.39, 0.29) is 30.3 Å². The quantitative estimate of drug-likeness (QED) is 0.343. The number of hydrogen-bond donors (Lipinski definition) is 0. The highest BCUT2D eigenvalue weighted by Gasteiger charge is 2.40. The monoisotopic (exact) mass is 340 g/mol. The minimum Gasteiger partial charge on any atom is -0.468 e. The lowest BCUT2D eigenvalue weighted by Gasteiger charge is -2.37. The van der Waals surface area contributed by atoms with Crippen LogP contribution in [-0.4, -0.2) is 46.0 Å². The van der Waals surface area contributed by atoms with Gasteiger partial charge in [0.2, 0.25) is 5.91 Å². The number of hydrogen-bond acceptors (Lipinski definition) is 8. The summed E-state index contributed by atoms with van der Waals surface area (Å²) in [4.78, 5) is 45.6. The molecule has 122 valence electrons. The molecular formula is C13H12N2O7S. The molecule has 0 N–H and O–H groups in total. The van der Waals surface area contributed by atoms with Crippen molar-refractivity contribution in [1.82, 2.24) is 4.90 Å². The van der Waals surface area contributed by atoms with E-state index < -0.39 is 21.6 Å². The Kier molecular flexibility index (Phi) is 5.16. The molecule has 1 aromatic carbocycles. The summed E-state index contributed by atoms with van der Waals surface area (Å²) in [7, 11) is 1.21. The molecule has 1 aliphatic rings. The van der Waals surface area contributed by atoms with Gasteiger partial charge in [0.05, 0.1) is 23.8 Å². The normalized spacial score (nSPS) is 16.5. The molecule has 0 aromatic heterocycles. The molecule has 1 saturated heterocycles. The molecule has 0 unspecified atom stereocenters. The molecule has 2 rings (SSSR count). The number of nitro benzene ring substituents is 1. The minimum absolute atomic E-state index is 0.119. The van der Waals surface area contributed by atoms with Crippen LogP contribution in [0, 0.1) is 10.1 Å². The predicted molar refractivity (Wildman–Crippen MR) is 78.8 cm³/mol. The number of methoxy groups -OCH3 is 1. The average molecular weight is 340 g/mol. The maximum atomic E-state index is 11.8. The van der Waals surface area contributed by atoms with Gasteiger partial charge < -0.3 is 14.4 Å². The van der Waals surface area contributed by atoms with E-state index >= 15 is 0 Å². The van der Waals surface area contributed by atoms with Crippen LogP contribution < -0.4 is 4.74 Å². The van der Waals surface area contributed by atoms with Gasteiger partial charge in [-0.25, -0.2) is 4.79 Å². The van der Waals surface area contributed by atoms with Gasteiger partial charge in [0.1, 0.15) is 12.3 Å². The number of thioether (sulfide) groups is 1. The second-order valence-corrected chi connectivity index (χ2v) is 5.59. The number of nitro groups is 1. The summed E-state index contributed by atoms with van der Waals surface area (Å²) in [5, 5.41) is 9.36. The Morgan fingerprint density at radius 2 is 2.04 bits per heavy atom. The summed E-state index contributed by atoms with van der Waals surface area (Å²) >= 11 is 0.758. The van der Waals surface area contributed by atoms with Crippen LogP contribution in [0.3, 0.4) is 0 Å². The zero-order valence-electron chi connectivity index (χ0n) is 12.0. The molecule has 1 aliphatic heterocycles.